The van der Waals surface area contributed by atoms with E-state index in [0.717, 1.165) is 31.5 Å². The Kier molecular flexibility index (Phi) is 5.01. The lowest BCUT2D eigenvalue weighted by Gasteiger charge is -2.36. The van der Waals surface area contributed by atoms with Crippen molar-refractivity contribution < 1.29 is 9.90 Å². The molecule has 1 heterocycles. The summed E-state index contributed by atoms with van der Waals surface area (Å²) in [7, 11) is 1.85. The van der Waals surface area contributed by atoms with Gasteiger partial charge >= 0.3 is 0 Å². The maximum absolute atomic E-state index is 12.3. The van der Waals surface area contributed by atoms with E-state index in [1.54, 1.807) is 4.90 Å². The van der Waals surface area contributed by atoms with Crippen LogP contribution < -0.4 is 0 Å². The number of likely N-dealkylation sites (tertiary alicyclic amines) is 1. The Morgan fingerprint density at radius 2 is 1.86 bits per heavy atom. The van der Waals surface area contributed by atoms with Gasteiger partial charge in [-0.05, 0) is 32.3 Å². The number of aliphatic hydroxyl groups is 1. The van der Waals surface area contributed by atoms with Gasteiger partial charge in [0, 0.05) is 26.7 Å². The summed E-state index contributed by atoms with van der Waals surface area (Å²) in [5, 5.41) is 9.93. The van der Waals surface area contributed by atoms with Crippen LogP contribution in [0.3, 0.4) is 0 Å². The Morgan fingerprint density at radius 1 is 1.29 bits per heavy atom. The Bertz CT molecular complexity index is 472. The van der Waals surface area contributed by atoms with Gasteiger partial charge in [0.05, 0.1) is 12.1 Å². The van der Waals surface area contributed by atoms with Crippen LogP contribution in [0.25, 0.3) is 0 Å². The van der Waals surface area contributed by atoms with Crippen molar-refractivity contribution in [3.05, 3.63) is 35.4 Å². The van der Waals surface area contributed by atoms with Crippen molar-refractivity contribution in [2.45, 2.75) is 38.8 Å². The monoisotopic (exact) mass is 290 g/mol. The third kappa shape index (κ3) is 4.83. The normalized spacial score (nSPS) is 18.5. The minimum absolute atomic E-state index is 0.136. The first-order chi connectivity index (χ1) is 9.85. The van der Waals surface area contributed by atoms with Gasteiger partial charge in [0.25, 0.3) is 0 Å². The second-order valence-electron chi connectivity index (χ2n) is 6.51. The quantitative estimate of drug-likeness (QED) is 0.919. The van der Waals surface area contributed by atoms with Crippen molar-refractivity contribution in [2.24, 2.45) is 0 Å². The highest BCUT2D eigenvalue weighted by Crippen LogP contribution is 2.20. The fraction of sp³-hybridized carbons (Fsp3) is 0.588. The van der Waals surface area contributed by atoms with Gasteiger partial charge in [-0.3, -0.25) is 9.69 Å². The van der Waals surface area contributed by atoms with E-state index in [-0.39, 0.29) is 5.91 Å². The average Bonchev–Trinajstić information content (AvgIpc) is 2.43. The summed E-state index contributed by atoms with van der Waals surface area (Å²) in [4.78, 5) is 16.2. The number of hydrogen-bond acceptors (Lipinski definition) is 3. The summed E-state index contributed by atoms with van der Waals surface area (Å²) in [6.07, 6.45) is 1.48. The zero-order chi connectivity index (χ0) is 15.5. The van der Waals surface area contributed by atoms with Crippen LogP contribution in [0.4, 0.5) is 0 Å². The molecule has 21 heavy (non-hydrogen) atoms. The molecule has 1 amide bonds. The first-order valence-electron chi connectivity index (χ1n) is 7.60. The molecule has 0 atom stereocenters. The molecule has 1 fully saturated rings. The molecule has 0 spiro atoms. The molecule has 1 saturated heterocycles. The van der Waals surface area contributed by atoms with Crippen molar-refractivity contribution in [1.29, 1.82) is 0 Å². The lowest BCUT2D eigenvalue weighted by Crippen LogP contribution is -2.46. The molecule has 1 N–H and O–H groups in total. The number of nitrogens with zero attached hydrogens (tertiary/aromatic N) is 2. The highest BCUT2D eigenvalue weighted by molar-refractivity contribution is 5.78. The summed E-state index contributed by atoms with van der Waals surface area (Å²) < 4.78 is 0. The molecule has 116 valence electrons. The van der Waals surface area contributed by atoms with Crippen molar-refractivity contribution in [3.8, 4) is 0 Å². The fourth-order valence-electron chi connectivity index (χ4n) is 2.56. The number of carbonyl (C=O) groups is 1. The molecule has 1 aromatic carbocycles. The van der Waals surface area contributed by atoms with Gasteiger partial charge in [-0.2, -0.15) is 0 Å². The fourth-order valence-corrected chi connectivity index (χ4v) is 2.56. The van der Waals surface area contributed by atoms with Gasteiger partial charge in [-0.25, -0.2) is 0 Å². The van der Waals surface area contributed by atoms with Crippen LogP contribution >= 0.6 is 0 Å². The molecule has 1 aliphatic heterocycles. The third-order valence-corrected chi connectivity index (χ3v) is 4.26. The van der Waals surface area contributed by atoms with Gasteiger partial charge < -0.3 is 10.0 Å². The van der Waals surface area contributed by atoms with E-state index in [0.29, 0.717) is 13.1 Å². The summed E-state index contributed by atoms with van der Waals surface area (Å²) in [6, 6.07) is 8.27. The molecule has 0 unspecified atom stereocenters. The highest BCUT2D eigenvalue weighted by atomic mass is 16.3. The number of likely N-dealkylation sites (N-methyl/N-ethyl adjacent to an activating group) is 1. The first kappa shape index (κ1) is 16.0. The minimum Gasteiger partial charge on any atom is -0.390 e. The first-order valence-corrected chi connectivity index (χ1v) is 7.60. The van der Waals surface area contributed by atoms with Crippen molar-refractivity contribution in [3.63, 3.8) is 0 Å². The van der Waals surface area contributed by atoms with Gasteiger partial charge in [-0.1, -0.05) is 29.8 Å². The summed E-state index contributed by atoms with van der Waals surface area (Å²) >= 11 is 0. The summed E-state index contributed by atoms with van der Waals surface area (Å²) in [5.41, 5.74) is 1.82. The van der Waals surface area contributed by atoms with Crippen molar-refractivity contribution >= 4 is 5.91 Å². The van der Waals surface area contributed by atoms with E-state index >= 15 is 0 Å². The smallest absolute Gasteiger partial charge is 0.236 e. The molecule has 1 aliphatic rings. The number of carbonyl (C=O) groups excluding carboxylic acids is 1. The van der Waals surface area contributed by atoms with Crippen LogP contribution in [-0.4, -0.2) is 53.1 Å². The Labute approximate surface area is 127 Å². The van der Waals surface area contributed by atoms with Crippen LogP contribution in [0.15, 0.2) is 24.3 Å². The Balaban J connectivity index is 1.81. The molecule has 2 rings (SSSR count). The number of piperidine rings is 1. The highest BCUT2D eigenvalue weighted by Gasteiger charge is 2.28. The lowest BCUT2D eigenvalue weighted by atomic mass is 9.94. The number of amides is 1. The van der Waals surface area contributed by atoms with Crippen LogP contribution in [0.1, 0.15) is 30.9 Å². The number of hydrogen-bond donors (Lipinski definition) is 1. The number of aryl methyl sites for hydroxylation is 1. The van der Waals surface area contributed by atoms with E-state index in [2.05, 4.69) is 36.1 Å². The van der Waals surface area contributed by atoms with Gasteiger partial charge in [0.15, 0.2) is 0 Å². The van der Waals surface area contributed by atoms with E-state index in [4.69, 9.17) is 0 Å². The topological polar surface area (TPSA) is 43.8 Å². The molecule has 4 nitrogen and oxygen atoms in total. The van der Waals surface area contributed by atoms with Crippen molar-refractivity contribution in [1.82, 2.24) is 9.80 Å². The molecule has 0 aromatic heterocycles. The molecular formula is C17H26N2O2. The van der Waals surface area contributed by atoms with E-state index in [1.807, 2.05) is 14.0 Å². The number of rotatable bonds is 4. The third-order valence-electron chi connectivity index (χ3n) is 4.26. The van der Waals surface area contributed by atoms with Gasteiger partial charge in [0.1, 0.15) is 0 Å². The largest absolute Gasteiger partial charge is 0.390 e. The zero-order valence-corrected chi connectivity index (χ0v) is 13.3. The van der Waals surface area contributed by atoms with Gasteiger partial charge in [0.2, 0.25) is 5.91 Å². The molecular weight excluding hydrogens is 264 g/mol. The maximum Gasteiger partial charge on any atom is 0.236 e. The molecule has 0 bridgehead atoms. The lowest BCUT2D eigenvalue weighted by molar-refractivity contribution is -0.132. The van der Waals surface area contributed by atoms with Gasteiger partial charge in [-0.15, -0.1) is 0 Å². The summed E-state index contributed by atoms with van der Waals surface area (Å²) in [6.45, 7) is 6.59. The summed E-state index contributed by atoms with van der Waals surface area (Å²) in [5.74, 6) is 0.136. The molecule has 1 aromatic rings. The molecule has 0 saturated carbocycles. The maximum atomic E-state index is 12.3. The average molecular weight is 290 g/mol. The second-order valence-corrected chi connectivity index (χ2v) is 6.51. The Morgan fingerprint density at radius 3 is 2.43 bits per heavy atom. The van der Waals surface area contributed by atoms with E-state index in [1.165, 1.54) is 5.56 Å². The molecule has 4 heteroatoms. The molecule has 0 aliphatic carbocycles. The van der Waals surface area contributed by atoms with Crippen LogP contribution in [-0.2, 0) is 11.3 Å². The van der Waals surface area contributed by atoms with Crippen LogP contribution in [0.2, 0.25) is 0 Å². The second kappa shape index (κ2) is 6.58. The number of benzene rings is 1. The SMILES string of the molecule is Cc1ccc(CN(C)C(=O)CN2CCC(C)(O)CC2)cc1. The predicted molar refractivity (Wildman–Crippen MR) is 84.0 cm³/mol. The van der Waals surface area contributed by atoms with Crippen molar-refractivity contribution in [2.75, 3.05) is 26.7 Å². The predicted octanol–water partition coefficient (Wildman–Crippen LogP) is 1.80. The van der Waals surface area contributed by atoms with E-state index in [9.17, 15) is 9.90 Å². The Hall–Kier alpha value is -1.39. The van der Waals surface area contributed by atoms with E-state index < -0.39 is 5.60 Å². The van der Waals surface area contributed by atoms with Crippen LogP contribution in [0, 0.1) is 6.92 Å². The molecule has 0 radical (unpaired) electrons. The zero-order valence-electron chi connectivity index (χ0n) is 13.3. The van der Waals surface area contributed by atoms with Crippen LogP contribution in [0.5, 0.6) is 0 Å². The minimum atomic E-state index is -0.562. The standard InChI is InChI=1S/C17H26N2O2/c1-14-4-6-15(7-5-14)12-18(3)16(20)13-19-10-8-17(2,21)9-11-19/h4-7,21H,8-13H2,1-3H3.